The first-order valence-corrected chi connectivity index (χ1v) is 1.88. The van der Waals surface area contributed by atoms with Gasteiger partial charge < -0.3 is 10.4 Å². The van der Waals surface area contributed by atoms with Gasteiger partial charge >= 0.3 is 5.97 Å². The molecule has 0 heterocycles. The van der Waals surface area contributed by atoms with Crippen molar-refractivity contribution in [3.8, 4) is 0 Å². The standard InChI is InChI=1S/C4H9NO2/c1-5-3-2-4(6)7/h5H,2-3H2,1H3,(H,6,7)/i1D3. The summed E-state index contributed by atoms with van der Waals surface area (Å²) in [6, 6.07) is 0. The van der Waals surface area contributed by atoms with Crippen molar-refractivity contribution in [2.75, 3.05) is 13.5 Å². The van der Waals surface area contributed by atoms with Gasteiger partial charge in [0.2, 0.25) is 0 Å². The van der Waals surface area contributed by atoms with Crippen LogP contribution >= 0.6 is 0 Å². The molecule has 0 rings (SSSR count). The van der Waals surface area contributed by atoms with E-state index in [0.717, 1.165) is 0 Å². The molecule has 0 aliphatic carbocycles. The zero-order chi connectivity index (χ0) is 8.20. The predicted octanol–water partition coefficient (Wildman–Crippen LogP) is -0.320. The lowest BCUT2D eigenvalue weighted by atomic mass is 10.4. The summed E-state index contributed by atoms with van der Waals surface area (Å²) in [5.41, 5.74) is 0. The third-order valence-corrected chi connectivity index (χ3v) is 0.464. The van der Waals surface area contributed by atoms with Gasteiger partial charge in [-0.2, -0.15) is 0 Å². The smallest absolute Gasteiger partial charge is 0.304 e. The number of aliphatic carboxylic acids is 1. The molecule has 0 spiro atoms. The summed E-state index contributed by atoms with van der Waals surface area (Å²) in [4.78, 5) is 9.86. The second-order valence-electron chi connectivity index (χ2n) is 1.07. The van der Waals surface area contributed by atoms with E-state index in [2.05, 4.69) is 5.32 Å². The molecule has 0 saturated heterocycles. The second-order valence-corrected chi connectivity index (χ2v) is 1.07. The van der Waals surface area contributed by atoms with Crippen LogP contribution in [0.15, 0.2) is 0 Å². The van der Waals surface area contributed by atoms with Gasteiger partial charge in [0.1, 0.15) is 0 Å². The van der Waals surface area contributed by atoms with E-state index in [-0.39, 0.29) is 13.0 Å². The lowest BCUT2D eigenvalue weighted by Crippen LogP contribution is -2.11. The fraction of sp³-hybridized carbons (Fsp3) is 0.750. The minimum Gasteiger partial charge on any atom is -0.481 e. The van der Waals surface area contributed by atoms with Gasteiger partial charge in [0.15, 0.2) is 0 Å². The van der Waals surface area contributed by atoms with Crippen molar-refractivity contribution in [2.45, 2.75) is 6.42 Å². The molecular formula is C4H9NO2. The molecule has 0 saturated carbocycles. The lowest BCUT2D eigenvalue weighted by molar-refractivity contribution is -0.136. The van der Waals surface area contributed by atoms with E-state index < -0.39 is 12.9 Å². The number of hydrogen-bond donors (Lipinski definition) is 2. The third kappa shape index (κ3) is 5.43. The Bertz CT molecular complexity index is 122. The van der Waals surface area contributed by atoms with Crippen LogP contribution < -0.4 is 5.32 Å². The average Bonchev–Trinajstić information content (AvgIpc) is 1.59. The van der Waals surface area contributed by atoms with Crippen molar-refractivity contribution < 1.29 is 14.0 Å². The Balaban J connectivity index is 3.29. The highest BCUT2D eigenvalue weighted by Crippen LogP contribution is 1.70. The fourth-order valence-electron chi connectivity index (χ4n) is 0.169. The van der Waals surface area contributed by atoms with Crippen molar-refractivity contribution in [1.29, 1.82) is 0 Å². The molecule has 7 heavy (non-hydrogen) atoms. The number of carboxylic acids is 1. The molecule has 0 aliphatic heterocycles. The fourth-order valence-corrected chi connectivity index (χ4v) is 0.169. The average molecular weight is 106 g/mol. The molecule has 0 unspecified atom stereocenters. The van der Waals surface area contributed by atoms with Gasteiger partial charge in [-0.25, -0.2) is 0 Å². The molecule has 0 radical (unpaired) electrons. The highest BCUT2D eigenvalue weighted by atomic mass is 16.4. The van der Waals surface area contributed by atoms with Gasteiger partial charge in [-0.05, 0) is 6.98 Å². The topological polar surface area (TPSA) is 49.3 Å². The molecule has 0 fully saturated rings. The molecule has 3 nitrogen and oxygen atoms in total. The van der Waals surface area contributed by atoms with Crippen LogP contribution in [0.2, 0.25) is 0 Å². The van der Waals surface area contributed by atoms with Crippen LogP contribution in [0.5, 0.6) is 0 Å². The van der Waals surface area contributed by atoms with Gasteiger partial charge in [0, 0.05) is 10.7 Å². The summed E-state index contributed by atoms with van der Waals surface area (Å²) in [5, 5.41) is 10.2. The van der Waals surface area contributed by atoms with Crippen LogP contribution in [0.4, 0.5) is 0 Å². The zero-order valence-corrected chi connectivity index (χ0v) is 3.77. The van der Waals surface area contributed by atoms with Gasteiger partial charge in [0.25, 0.3) is 0 Å². The highest BCUT2D eigenvalue weighted by Gasteiger charge is 1.90. The molecule has 0 bridgehead atoms. The van der Waals surface area contributed by atoms with E-state index in [1.54, 1.807) is 0 Å². The van der Waals surface area contributed by atoms with Crippen LogP contribution in [0.1, 0.15) is 10.5 Å². The number of hydrogen-bond acceptors (Lipinski definition) is 2. The van der Waals surface area contributed by atoms with Crippen molar-refractivity contribution in [3.63, 3.8) is 0 Å². The Labute approximate surface area is 46.6 Å². The number of nitrogens with one attached hydrogen (secondary N) is 1. The van der Waals surface area contributed by atoms with Gasteiger partial charge in [-0.3, -0.25) is 4.79 Å². The zero-order valence-electron chi connectivity index (χ0n) is 6.77. The Hall–Kier alpha value is -0.570. The Morgan fingerprint density at radius 3 is 3.29 bits per heavy atom. The van der Waals surface area contributed by atoms with E-state index in [0.29, 0.717) is 0 Å². The first kappa shape index (κ1) is 2.67. The monoisotopic (exact) mass is 106 g/mol. The van der Waals surface area contributed by atoms with Crippen molar-refractivity contribution in [2.24, 2.45) is 0 Å². The number of carbonyl (C=O) groups is 1. The molecule has 0 aromatic rings. The summed E-state index contributed by atoms with van der Waals surface area (Å²) in [6.07, 6.45) is -0.168. The van der Waals surface area contributed by atoms with E-state index in [4.69, 9.17) is 9.22 Å². The van der Waals surface area contributed by atoms with E-state index in [1.807, 2.05) is 0 Å². The molecule has 42 valence electrons. The highest BCUT2D eigenvalue weighted by molar-refractivity contribution is 5.66. The Kier molecular flexibility index (Phi) is 1.38. The van der Waals surface area contributed by atoms with Crippen LogP contribution in [-0.2, 0) is 4.79 Å². The predicted molar refractivity (Wildman–Crippen MR) is 26.2 cm³/mol. The van der Waals surface area contributed by atoms with Crippen LogP contribution in [0.3, 0.4) is 0 Å². The summed E-state index contributed by atoms with van der Waals surface area (Å²) in [6.45, 7) is -2.25. The maximum atomic E-state index is 9.86. The van der Waals surface area contributed by atoms with Gasteiger partial charge in [0.05, 0.1) is 6.42 Å². The molecule has 2 N–H and O–H groups in total. The normalized spacial score (nSPS) is 16.9. The maximum absolute atomic E-state index is 9.86. The second kappa shape index (κ2) is 3.61. The maximum Gasteiger partial charge on any atom is 0.304 e. The van der Waals surface area contributed by atoms with Crippen LogP contribution in [0.25, 0.3) is 0 Å². The molecule has 3 heteroatoms. The van der Waals surface area contributed by atoms with Crippen LogP contribution in [-0.4, -0.2) is 24.6 Å². The molecule has 0 aliphatic rings. The van der Waals surface area contributed by atoms with Gasteiger partial charge in [-0.1, -0.05) is 0 Å². The summed E-state index contributed by atoms with van der Waals surface area (Å²) in [5.74, 6) is -1.00. The Morgan fingerprint density at radius 1 is 2.14 bits per heavy atom. The summed E-state index contributed by atoms with van der Waals surface area (Å²) >= 11 is 0. The van der Waals surface area contributed by atoms with Crippen LogP contribution in [0, 0.1) is 0 Å². The largest absolute Gasteiger partial charge is 0.481 e. The number of rotatable bonds is 3. The molecule has 0 aromatic carbocycles. The van der Waals surface area contributed by atoms with Crippen molar-refractivity contribution in [3.05, 3.63) is 0 Å². The van der Waals surface area contributed by atoms with Crippen molar-refractivity contribution in [1.82, 2.24) is 5.32 Å². The van der Waals surface area contributed by atoms with E-state index in [1.165, 1.54) is 0 Å². The summed E-state index contributed by atoms with van der Waals surface area (Å²) < 4.78 is 19.8. The Morgan fingerprint density at radius 2 is 2.86 bits per heavy atom. The SMILES string of the molecule is [2H]C([2H])([2H])NCCC(=O)O. The lowest BCUT2D eigenvalue weighted by Gasteiger charge is -1.88. The first-order valence-electron chi connectivity index (χ1n) is 3.38. The molecular weight excluding hydrogens is 94.0 g/mol. The molecule has 0 amide bonds. The molecule has 0 aromatic heterocycles. The minimum absolute atomic E-state index is 0.0220. The summed E-state index contributed by atoms with van der Waals surface area (Å²) in [7, 11) is 0. The van der Waals surface area contributed by atoms with E-state index >= 15 is 0 Å². The van der Waals surface area contributed by atoms with E-state index in [9.17, 15) is 4.79 Å². The molecule has 0 atom stereocenters. The van der Waals surface area contributed by atoms with Crippen molar-refractivity contribution >= 4 is 5.97 Å². The first-order chi connectivity index (χ1) is 4.42. The quantitative estimate of drug-likeness (QED) is 0.518. The van der Waals surface area contributed by atoms with Gasteiger partial charge in [-0.15, -0.1) is 0 Å². The number of carboxylic acid groups (broad SMARTS) is 1. The minimum atomic E-state index is -2.23. The third-order valence-electron chi connectivity index (χ3n) is 0.464.